The van der Waals surface area contributed by atoms with Crippen LogP contribution < -0.4 is 5.32 Å². The van der Waals surface area contributed by atoms with Gasteiger partial charge in [0.1, 0.15) is 0 Å². The Labute approximate surface area is 102 Å². The Morgan fingerprint density at radius 3 is 2.65 bits per heavy atom. The predicted molar refractivity (Wildman–Crippen MR) is 66.5 cm³/mol. The molecule has 1 aromatic heterocycles. The maximum absolute atomic E-state index is 11.4. The van der Waals surface area contributed by atoms with Gasteiger partial charge in [0.15, 0.2) is 0 Å². The van der Waals surface area contributed by atoms with Crippen LogP contribution >= 0.6 is 0 Å². The van der Waals surface area contributed by atoms with Crippen molar-refractivity contribution in [2.75, 3.05) is 13.2 Å². The molecule has 0 saturated heterocycles. The molecule has 4 heteroatoms. The first-order valence-corrected chi connectivity index (χ1v) is 5.95. The van der Waals surface area contributed by atoms with E-state index in [1.807, 2.05) is 26.0 Å². The SMILES string of the molecule is CCOC(=O)C(C)CN[C@H](C)c1ccncc1. The van der Waals surface area contributed by atoms with E-state index < -0.39 is 0 Å². The van der Waals surface area contributed by atoms with Crippen molar-refractivity contribution in [3.8, 4) is 0 Å². The van der Waals surface area contributed by atoms with E-state index in [1.54, 1.807) is 12.4 Å². The molecule has 1 rings (SSSR count). The first kappa shape index (κ1) is 13.6. The number of aromatic nitrogens is 1. The number of carbonyl (C=O) groups is 1. The fraction of sp³-hybridized carbons (Fsp3) is 0.538. The maximum atomic E-state index is 11.4. The minimum absolute atomic E-state index is 0.126. The molecule has 0 bridgehead atoms. The van der Waals surface area contributed by atoms with Gasteiger partial charge in [0, 0.05) is 25.0 Å². The average Bonchev–Trinajstić information content (AvgIpc) is 2.36. The molecule has 1 heterocycles. The Morgan fingerprint density at radius 2 is 2.06 bits per heavy atom. The van der Waals surface area contributed by atoms with Crippen molar-refractivity contribution < 1.29 is 9.53 Å². The predicted octanol–water partition coefficient (Wildman–Crippen LogP) is 1.93. The molecule has 0 amide bonds. The quantitative estimate of drug-likeness (QED) is 0.767. The van der Waals surface area contributed by atoms with E-state index in [-0.39, 0.29) is 17.9 Å². The zero-order chi connectivity index (χ0) is 12.7. The summed E-state index contributed by atoms with van der Waals surface area (Å²) < 4.78 is 4.95. The number of nitrogens with zero attached hydrogens (tertiary/aromatic N) is 1. The van der Waals surface area contributed by atoms with Crippen LogP contribution in [0.15, 0.2) is 24.5 Å². The largest absolute Gasteiger partial charge is 0.466 e. The van der Waals surface area contributed by atoms with Crippen LogP contribution in [0.25, 0.3) is 0 Å². The minimum Gasteiger partial charge on any atom is -0.466 e. The Bertz CT molecular complexity index is 341. The lowest BCUT2D eigenvalue weighted by Crippen LogP contribution is -2.29. The maximum Gasteiger partial charge on any atom is 0.309 e. The zero-order valence-electron chi connectivity index (χ0n) is 10.6. The van der Waals surface area contributed by atoms with Gasteiger partial charge < -0.3 is 10.1 Å². The monoisotopic (exact) mass is 236 g/mol. The number of carbonyl (C=O) groups excluding carboxylic acids is 1. The van der Waals surface area contributed by atoms with E-state index in [2.05, 4.69) is 17.2 Å². The van der Waals surface area contributed by atoms with Gasteiger partial charge in [-0.3, -0.25) is 9.78 Å². The highest BCUT2D eigenvalue weighted by atomic mass is 16.5. The lowest BCUT2D eigenvalue weighted by Gasteiger charge is -2.17. The Balaban J connectivity index is 2.38. The highest BCUT2D eigenvalue weighted by molar-refractivity contribution is 5.72. The van der Waals surface area contributed by atoms with E-state index in [1.165, 1.54) is 0 Å². The Morgan fingerprint density at radius 1 is 1.41 bits per heavy atom. The van der Waals surface area contributed by atoms with Crippen LogP contribution in [0.2, 0.25) is 0 Å². The van der Waals surface area contributed by atoms with Crippen LogP contribution in [-0.4, -0.2) is 24.1 Å². The third kappa shape index (κ3) is 4.53. The molecule has 17 heavy (non-hydrogen) atoms. The molecule has 2 atom stereocenters. The minimum atomic E-state index is -0.151. The summed E-state index contributed by atoms with van der Waals surface area (Å²) in [5, 5.41) is 3.31. The molecule has 4 nitrogen and oxygen atoms in total. The second-order valence-corrected chi connectivity index (χ2v) is 4.06. The van der Waals surface area contributed by atoms with Gasteiger partial charge in [-0.1, -0.05) is 6.92 Å². The van der Waals surface area contributed by atoms with Crippen LogP contribution in [-0.2, 0) is 9.53 Å². The molecule has 0 aliphatic heterocycles. The Kier molecular flexibility index (Phi) is 5.63. The van der Waals surface area contributed by atoms with Gasteiger partial charge in [0.05, 0.1) is 12.5 Å². The molecule has 1 N–H and O–H groups in total. The number of nitrogens with one attached hydrogen (secondary N) is 1. The van der Waals surface area contributed by atoms with Gasteiger partial charge >= 0.3 is 5.97 Å². The van der Waals surface area contributed by atoms with Crippen molar-refractivity contribution >= 4 is 5.97 Å². The zero-order valence-corrected chi connectivity index (χ0v) is 10.6. The highest BCUT2D eigenvalue weighted by Crippen LogP contribution is 2.10. The number of pyridine rings is 1. The lowest BCUT2D eigenvalue weighted by atomic mass is 10.1. The van der Waals surface area contributed by atoms with Crippen molar-refractivity contribution in [1.82, 2.24) is 10.3 Å². The number of rotatable bonds is 6. The van der Waals surface area contributed by atoms with Crippen molar-refractivity contribution in [3.63, 3.8) is 0 Å². The molecular weight excluding hydrogens is 216 g/mol. The third-order valence-corrected chi connectivity index (χ3v) is 2.63. The molecule has 0 fully saturated rings. The molecule has 0 aliphatic rings. The molecular formula is C13H20N2O2. The number of hydrogen-bond acceptors (Lipinski definition) is 4. The fourth-order valence-electron chi connectivity index (χ4n) is 1.49. The van der Waals surface area contributed by atoms with Gasteiger partial charge in [0.2, 0.25) is 0 Å². The second kappa shape index (κ2) is 7.01. The second-order valence-electron chi connectivity index (χ2n) is 4.06. The molecule has 94 valence electrons. The number of ether oxygens (including phenoxy) is 1. The smallest absolute Gasteiger partial charge is 0.309 e. The molecule has 0 radical (unpaired) electrons. The van der Waals surface area contributed by atoms with E-state index >= 15 is 0 Å². The summed E-state index contributed by atoms with van der Waals surface area (Å²) in [4.78, 5) is 15.4. The summed E-state index contributed by atoms with van der Waals surface area (Å²) >= 11 is 0. The van der Waals surface area contributed by atoms with Crippen LogP contribution in [0, 0.1) is 5.92 Å². The third-order valence-electron chi connectivity index (χ3n) is 2.63. The van der Waals surface area contributed by atoms with Crippen molar-refractivity contribution in [1.29, 1.82) is 0 Å². The van der Waals surface area contributed by atoms with Crippen molar-refractivity contribution in [3.05, 3.63) is 30.1 Å². The summed E-state index contributed by atoms with van der Waals surface area (Å²) in [7, 11) is 0. The highest BCUT2D eigenvalue weighted by Gasteiger charge is 2.15. The summed E-state index contributed by atoms with van der Waals surface area (Å²) in [5.74, 6) is -0.277. The van der Waals surface area contributed by atoms with Gasteiger partial charge in [0.25, 0.3) is 0 Å². The van der Waals surface area contributed by atoms with Crippen LogP contribution in [0.5, 0.6) is 0 Å². The number of esters is 1. The van der Waals surface area contributed by atoms with Gasteiger partial charge in [-0.25, -0.2) is 0 Å². The van der Waals surface area contributed by atoms with Gasteiger partial charge in [-0.15, -0.1) is 0 Å². The van der Waals surface area contributed by atoms with E-state index in [0.29, 0.717) is 13.2 Å². The van der Waals surface area contributed by atoms with Crippen molar-refractivity contribution in [2.45, 2.75) is 26.8 Å². The molecule has 1 unspecified atom stereocenters. The normalized spacial score (nSPS) is 14.1. The summed E-state index contributed by atoms with van der Waals surface area (Å²) in [6.45, 7) is 6.79. The lowest BCUT2D eigenvalue weighted by molar-refractivity contribution is -0.147. The first-order valence-electron chi connectivity index (χ1n) is 5.95. The summed E-state index contributed by atoms with van der Waals surface area (Å²) in [6.07, 6.45) is 3.53. The summed E-state index contributed by atoms with van der Waals surface area (Å²) in [5.41, 5.74) is 1.16. The molecule has 0 saturated carbocycles. The van der Waals surface area contributed by atoms with E-state index in [4.69, 9.17) is 4.74 Å². The molecule has 0 aliphatic carbocycles. The van der Waals surface area contributed by atoms with Crippen LogP contribution in [0.1, 0.15) is 32.4 Å². The van der Waals surface area contributed by atoms with E-state index in [0.717, 1.165) is 5.56 Å². The average molecular weight is 236 g/mol. The molecule has 0 aromatic carbocycles. The van der Waals surface area contributed by atoms with Gasteiger partial charge in [-0.05, 0) is 31.5 Å². The summed E-state index contributed by atoms with van der Waals surface area (Å²) in [6, 6.07) is 4.13. The van der Waals surface area contributed by atoms with Crippen LogP contribution in [0.4, 0.5) is 0 Å². The standard InChI is InChI=1S/C13H20N2O2/c1-4-17-13(16)10(2)9-15-11(3)12-5-7-14-8-6-12/h5-8,10-11,15H,4,9H2,1-3H3/t10?,11-/m1/s1. The number of hydrogen-bond donors (Lipinski definition) is 1. The van der Waals surface area contributed by atoms with Gasteiger partial charge in [-0.2, -0.15) is 0 Å². The fourth-order valence-corrected chi connectivity index (χ4v) is 1.49. The van der Waals surface area contributed by atoms with Crippen molar-refractivity contribution in [2.24, 2.45) is 5.92 Å². The molecule has 0 spiro atoms. The van der Waals surface area contributed by atoms with E-state index in [9.17, 15) is 4.79 Å². The topological polar surface area (TPSA) is 51.2 Å². The molecule has 1 aromatic rings. The first-order chi connectivity index (χ1) is 8.15. The van der Waals surface area contributed by atoms with Crippen LogP contribution in [0.3, 0.4) is 0 Å². The Hall–Kier alpha value is -1.42.